The second kappa shape index (κ2) is 8.94. The van der Waals surface area contributed by atoms with Crippen molar-refractivity contribution in [3.05, 3.63) is 35.9 Å². The van der Waals surface area contributed by atoms with Gasteiger partial charge in [0, 0.05) is 39.1 Å². The Kier molecular flexibility index (Phi) is 6.37. The van der Waals surface area contributed by atoms with Crippen LogP contribution < -0.4 is 5.73 Å². The SMILES string of the molecule is NC(=O)C1CN(C(=O)CCN2C(=O)COCC2=O)CCN1Cc1ccccc1. The van der Waals surface area contributed by atoms with Gasteiger partial charge in [-0.2, -0.15) is 0 Å². The summed E-state index contributed by atoms with van der Waals surface area (Å²) in [5.74, 6) is -1.57. The first kappa shape index (κ1) is 20.0. The predicted molar refractivity (Wildman–Crippen MR) is 98.6 cm³/mol. The third kappa shape index (κ3) is 4.73. The summed E-state index contributed by atoms with van der Waals surface area (Å²) in [6, 6.07) is 9.17. The lowest BCUT2D eigenvalue weighted by atomic mass is 10.1. The molecule has 150 valence electrons. The van der Waals surface area contributed by atoms with Crippen LogP contribution in [0.4, 0.5) is 0 Å². The van der Waals surface area contributed by atoms with Crippen LogP contribution in [-0.2, 0) is 30.5 Å². The minimum Gasteiger partial charge on any atom is -0.368 e. The molecule has 2 saturated heterocycles. The molecule has 9 heteroatoms. The molecule has 0 aliphatic carbocycles. The van der Waals surface area contributed by atoms with Gasteiger partial charge in [-0.25, -0.2) is 0 Å². The van der Waals surface area contributed by atoms with Crippen LogP contribution in [0.1, 0.15) is 12.0 Å². The number of imide groups is 1. The molecule has 1 aromatic carbocycles. The number of nitrogens with zero attached hydrogens (tertiary/aromatic N) is 3. The minimum absolute atomic E-state index is 0.0155. The number of benzene rings is 1. The Morgan fingerprint density at radius 2 is 1.75 bits per heavy atom. The first-order chi connectivity index (χ1) is 13.5. The smallest absolute Gasteiger partial charge is 0.255 e. The van der Waals surface area contributed by atoms with Crippen LogP contribution in [0.25, 0.3) is 0 Å². The molecule has 28 heavy (non-hydrogen) atoms. The summed E-state index contributed by atoms with van der Waals surface area (Å²) in [6.45, 7) is 1.47. The van der Waals surface area contributed by atoms with Crippen LogP contribution in [-0.4, -0.2) is 83.8 Å². The number of piperazine rings is 1. The van der Waals surface area contributed by atoms with E-state index in [1.165, 1.54) is 0 Å². The molecule has 4 amide bonds. The van der Waals surface area contributed by atoms with Crippen LogP contribution >= 0.6 is 0 Å². The molecule has 2 N–H and O–H groups in total. The maximum Gasteiger partial charge on any atom is 0.255 e. The zero-order chi connectivity index (χ0) is 20.1. The van der Waals surface area contributed by atoms with Crippen molar-refractivity contribution >= 4 is 23.6 Å². The second-order valence-corrected chi connectivity index (χ2v) is 6.90. The van der Waals surface area contributed by atoms with Crippen molar-refractivity contribution in [3.63, 3.8) is 0 Å². The van der Waals surface area contributed by atoms with Gasteiger partial charge in [-0.05, 0) is 5.56 Å². The lowest BCUT2D eigenvalue weighted by Crippen LogP contribution is -2.59. The predicted octanol–water partition coefficient (Wildman–Crippen LogP) is -1.04. The molecule has 0 radical (unpaired) electrons. The fourth-order valence-electron chi connectivity index (χ4n) is 3.46. The van der Waals surface area contributed by atoms with Crippen LogP contribution in [0.5, 0.6) is 0 Å². The highest BCUT2D eigenvalue weighted by molar-refractivity contribution is 5.98. The number of rotatable bonds is 6. The van der Waals surface area contributed by atoms with Gasteiger partial charge < -0.3 is 15.4 Å². The molecule has 0 aromatic heterocycles. The van der Waals surface area contributed by atoms with E-state index >= 15 is 0 Å². The van der Waals surface area contributed by atoms with E-state index in [0.29, 0.717) is 19.6 Å². The van der Waals surface area contributed by atoms with Gasteiger partial charge in [-0.1, -0.05) is 30.3 Å². The van der Waals surface area contributed by atoms with E-state index in [4.69, 9.17) is 10.5 Å². The summed E-state index contributed by atoms with van der Waals surface area (Å²) in [5, 5.41) is 0. The number of morpholine rings is 1. The lowest BCUT2D eigenvalue weighted by molar-refractivity contribution is -0.158. The Bertz CT molecular complexity index is 738. The van der Waals surface area contributed by atoms with Crippen molar-refractivity contribution in [1.82, 2.24) is 14.7 Å². The zero-order valence-corrected chi connectivity index (χ0v) is 15.6. The molecule has 1 atom stereocenters. The van der Waals surface area contributed by atoms with Crippen LogP contribution in [0.3, 0.4) is 0 Å². The third-order valence-electron chi connectivity index (χ3n) is 5.00. The van der Waals surface area contributed by atoms with Gasteiger partial charge in [-0.3, -0.25) is 29.0 Å². The Morgan fingerprint density at radius 3 is 2.39 bits per heavy atom. The molecular formula is C19H24N4O5. The molecule has 2 fully saturated rings. The molecule has 9 nitrogen and oxygen atoms in total. The average Bonchev–Trinajstić information content (AvgIpc) is 2.68. The Balaban J connectivity index is 1.57. The Hall–Kier alpha value is -2.78. The molecule has 1 unspecified atom stereocenters. The Morgan fingerprint density at radius 1 is 1.07 bits per heavy atom. The molecular weight excluding hydrogens is 364 g/mol. The number of primary amides is 1. The third-order valence-corrected chi connectivity index (χ3v) is 5.00. The summed E-state index contributed by atoms with van der Waals surface area (Å²) in [4.78, 5) is 52.6. The summed E-state index contributed by atoms with van der Waals surface area (Å²) < 4.78 is 4.86. The Labute approximate surface area is 163 Å². The van der Waals surface area contributed by atoms with Gasteiger partial charge in [-0.15, -0.1) is 0 Å². The van der Waals surface area contributed by atoms with Crippen molar-refractivity contribution in [2.75, 3.05) is 39.4 Å². The summed E-state index contributed by atoms with van der Waals surface area (Å²) in [6.07, 6.45) is 0.0155. The van der Waals surface area contributed by atoms with Crippen LogP contribution in [0.2, 0.25) is 0 Å². The molecule has 0 spiro atoms. The number of carbonyl (C=O) groups is 4. The van der Waals surface area contributed by atoms with E-state index < -0.39 is 23.8 Å². The second-order valence-electron chi connectivity index (χ2n) is 6.90. The number of ether oxygens (including phenoxy) is 1. The van der Waals surface area contributed by atoms with Gasteiger partial charge in [0.05, 0.1) is 0 Å². The van der Waals surface area contributed by atoms with Crippen molar-refractivity contribution < 1.29 is 23.9 Å². The fraction of sp³-hybridized carbons (Fsp3) is 0.474. The molecule has 2 aliphatic heterocycles. The van der Waals surface area contributed by atoms with Gasteiger partial charge in [0.15, 0.2) is 0 Å². The summed E-state index contributed by atoms with van der Waals surface area (Å²) in [7, 11) is 0. The van der Waals surface area contributed by atoms with Gasteiger partial charge in [0.1, 0.15) is 19.3 Å². The number of carbonyl (C=O) groups excluding carboxylic acids is 4. The molecule has 0 saturated carbocycles. The van der Waals surface area contributed by atoms with Crippen molar-refractivity contribution in [3.8, 4) is 0 Å². The normalized spacial score (nSPS) is 21.1. The molecule has 1 aromatic rings. The first-order valence-corrected chi connectivity index (χ1v) is 9.21. The largest absolute Gasteiger partial charge is 0.368 e. The lowest BCUT2D eigenvalue weighted by Gasteiger charge is -2.40. The van der Waals surface area contributed by atoms with Gasteiger partial charge >= 0.3 is 0 Å². The minimum atomic E-state index is -0.579. The number of amides is 4. The van der Waals surface area contributed by atoms with E-state index in [2.05, 4.69) is 0 Å². The van der Waals surface area contributed by atoms with E-state index in [0.717, 1.165) is 10.5 Å². The number of nitrogens with two attached hydrogens (primary N) is 1. The van der Waals surface area contributed by atoms with Crippen molar-refractivity contribution in [2.45, 2.75) is 19.0 Å². The van der Waals surface area contributed by atoms with E-state index in [9.17, 15) is 19.2 Å². The van der Waals surface area contributed by atoms with Gasteiger partial charge in [0.2, 0.25) is 11.8 Å². The standard InChI is InChI=1S/C19H24N4O5/c20-19(27)15-11-22(9-8-21(15)10-14-4-2-1-3-5-14)16(24)6-7-23-17(25)12-28-13-18(23)26/h1-5,15H,6-13H2,(H2,20,27). The summed E-state index contributed by atoms with van der Waals surface area (Å²) >= 11 is 0. The van der Waals surface area contributed by atoms with Crippen LogP contribution in [0.15, 0.2) is 30.3 Å². The highest BCUT2D eigenvalue weighted by Crippen LogP contribution is 2.15. The fourth-order valence-corrected chi connectivity index (χ4v) is 3.46. The number of hydrogen-bond acceptors (Lipinski definition) is 6. The highest BCUT2D eigenvalue weighted by Gasteiger charge is 2.34. The molecule has 3 rings (SSSR count). The zero-order valence-electron chi connectivity index (χ0n) is 15.6. The molecule has 0 bridgehead atoms. The van der Waals surface area contributed by atoms with Crippen molar-refractivity contribution in [2.24, 2.45) is 5.73 Å². The van der Waals surface area contributed by atoms with Crippen molar-refractivity contribution in [1.29, 1.82) is 0 Å². The van der Waals surface area contributed by atoms with E-state index in [1.54, 1.807) is 4.90 Å². The molecule has 2 heterocycles. The molecule has 2 aliphatic rings. The monoisotopic (exact) mass is 388 g/mol. The van der Waals surface area contributed by atoms with Crippen LogP contribution in [0, 0.1) is 0 Å². The topological polar surface area (TPSA) is 113 Å². The van der Waals surface area contributed by atoms with Gasteiger partial charge in [0.25, 0.3) is 11.8 Å². The highest BCUT2D eigenvalue weighted by atomic mass is 16.5. The first-order valence-electron chi connectivity index (χ1n) is 9.21. The summed E-state index contributed by atoms with van der Waals surface area (Å²) in [5.41, 5.74) is 6.64. The maximum absolute atomic E-state index is 12.6. The van der Waals surface area contributed by atoms with E-state index in [1.807, 2.05) is 35.2 Å². The van der Waals surface area contributed by atoms with E-state index in [-0.39, 0.29) is 38.6 Å². The average molecular weight is 388 g/mol. The quantitative estimate of drug-likeness (QED) is 0.623. The number of hydrogen-bond donors (Lipinski definition) is 1. The maximum atomic E-state index is 12.6.